The lowest BCUT2D eigenvalue weighted by atomic mass is 10.1. The van der Waals surface area contributed by atoms with Gasteiger partial charge in [0.05, 0.1) is 5.69 Å². The summed E-state index contributed by atoms with van der Waals surface area (Å²) in [5.74, 6) is -0.742. The van der Waals surface area contributed by atoms with Gasteiger partial charge in [-0.25, -0.2) is 8.78 Å². The van der Waals surface area contributed by atoms with Crippen LogP contribution in [-0.4, -0.2) is 12.0 Å². The minimum atomic E-state index is -0.436. The Morgan fingerprint density at radius 3 is 2.45 bits per heavy atom. The van der Waals surface area contributed by atoms with Crippen LogP contribution in [-0.2, 0) is 6.54 Å². The maximum absolute atomic E-state index is 14.0. The molecular weight excluding hydrogens is 278 g/mol. The second-order valence-corrected chi connectivity index (χ2v) is 4.92. The molecule has 2 rings (SSSR count). The van der Waals surface area contributed by atoms with Gasteiger partial charge < -0.3 is 10.6 Å². The summed E-state index contributed by atoms with van der Waals surface area (Å²) in [6, 6.07) is 11.0. The predicted molar refractivity (Wildman–Crippen MR) is 80.8 cm³/mol. The second-order valence-electron chi connectivity index (χ2n) is 4.48. The minimum absolute atomic E-state index is 0.146. The van der Waals surface area contributed by atoms with Crippen molar-refractivity contribution in [1.82, 2.24) is 0 Å². The first kappa shape index (κ1) is 14.4. The van der Waals surface area contributed by atoms with E-state index in [1.54, 1.807) is 42.3 Å². The van der Waals surface area contributed by atoms with Gasteiger partial charge in [0.2, 0.25) is 0 Å². The Morgan fingerprint density at radius 1 is 1.15 bits per heavy atom. The van der Waals surface area contributed by atoms with Crippen molar-refractivity contribution >= 4 is 22.9 Å². The van der Waals surface area contributed by atoms with Crippen LogP contribution in [0.1, 0.15) is 11.1 Å². The monoisotopic (exact) mass is 292 g/mol. The number of hydrogen-bond acceptors (Lipinski definition) is 2. The van der Waals surface area contributed by atoms with Crippen LogP contribution in [0.2, 0.25) is 0 Å². The maximum atomic E-state index is 14.0. The van der Waals surface area contributed by atoms with Gasteiger partial charge in [-0.1, -0.05) is 30.4 Å². The van der Waals surface area contributed by atoms with E-state index in [9.17, 15) is 8.78 Å². The number of nitrogens with two attached hydrogens (primary N) is 1. The van der Waals surface area contributed by atoms with E-state index in [2.05, 4.69) is 0 Å². The van der Waals surface area contributed by atoms with Crippen LogP contribution in [0.3, 0.4) is 0 Å². The van der Waals surface area contributed by atoms with Crippen molar-refractivity contribution in [3.05, 3.63) is 65.2 Å². The highest BCUT2D eigenvalue weighted by Crippen LogP contribution is 2.22. The number of halogens is 2. The van der Waals surface area contributed by atoms with E-state index in [1.807, 2.05) is 0 Å². The lowest BCUT2D eigenvalue weighted by Gasteiger charge is -2.20. The van der Waals surface area contributed by atoms with Crippen LogP contribution in [0.4, 0.5) is 14.5 Å². The second kappa shape index (κ2) is 5.96. The lowest BCUT2D eigenvalue weighted by Crippen LogP contribution is -2.19. The molecule has 0 atom stereocenters. The normalized spacial score (nSPS) is 10.3. The van der Waals surface area contributed by atoms with Crippen LogP contribution >= 0.6 is 12.2 Å². The molecule has 20 heavy (non-hydrogen) atoms. The third-order valence-electron chi connectivity index (χ3n) is 3.01. The molecule has 0 saturated carbocycles. The molecule has 0 spiro atoms. The van der Waals surface area contributed by atoms with Crippen molar-refractivity contribution < 1.29 is 8.78 Å². The largest absolute Gasteiger partial charge is 0.389 e. The standard InChI is InChI=1S/C15H14F2N2S/c1-19(9-11-4-2-3-5-12(11)16)14-7-6-10(15(18)20)8-13(14)17/h2-8H,9H2,1H3,(H2,18,20). The zero-order chi connectivity index (χ0) is 14.7. The van der Waals surface area contributed by atoms with Crippen LogP contribution in [0.5, 0.6) is 0 Å². The number of anilines is 1. The van der Waals surface area contributed by atoms with E-state index in [-0.39, 0.29) is 17.4 Å². The predicted octanol–water partition coefficient (Wildman–Crippen LogP) is 3.24. The van der Waals surface area contributed by atoms with Gasteiger partial charge in [-0.05, 0) is 24.3 Å². The molecule has 0 heterocycles. The topological polar surface area (TPSA) is 29.3 Å². The van der Waals surface area contributed by atoms with Crippen LogP contribution in [0.25, 0.3) is 0 Å². The van der Waals surface area contributed by atoms with Crippen molar-refractivity contribution in [2.45, 2.75) is 6.54 Å². The molecule has 0 fully saturated rings. The zero-order valence-corrected chi connectivity index (χ0v) is 11.8. The smallest absolute Gasteiger partial charge is 0.147 e. The highest BCUT2D eigenvalue weighted by Gasteiger charge is 2.11. The first-order chi connectivity index (χ1) is 9.49. The molecule has 0 amide bonds. The Kier molecular flexibility index (Phi) is 4.29. The fraction of sp³-hybridized carbons (Fsp3) is 0.133. The number of hydrogen-bond donors (Lipinski definition) is 1. The molecule has 2 N–H and O–H groups in total. The highest BCUT2D eigenvalue weighted by atomic mass is 32.1. The average molecular weight is 292 g/mol. The minimum Gasteiger partial charge on any atom is -0.389 e. The van der Waals surface area contributed by atoms with Gasteiger partial charge in [-0.2, -0.15) is 0 Å². The van der Waals surface area contributed by atoms with E-state index in [0.29, 0.717) is 16.8 Å². The van der Waals surface area contributed by atoms with E-state index in [1.165, 1.54) is 12.1 Å². The van der Waals surface area contributed by atoms with Crippen molar-refractivity contribution in [1.29, 1.82) is 0 Å². The fourth-order valence-corrected chi connectivity index (χ4v) is 2.06. The molecule has 2 aromatic carbocycles. The van der Waals surface area contributed by atoms with E-state index in [0.717, 1.165) is 0 Å². The number of rotatable bonds is 4. The van der Waals surface area contributed by atoms with Crippen molar-refractivity contribution in [3.63, 3.8) is 0 Å². The number of nitrogens with zero attached hydrogens (tertiary/aromatic N) is 1. The first-order valence-corrected chi connectivity index (χ1v) is 6.43. The zero-order valence-electron chi connectivity index (χ0n) is 10.9. The quantitative estimate of drug-likeness (QED) is 0.877. The Morgan fingerprint density at radius 2 is 1.85 bits per heavy atom. The van der Waals surface area contributed by atoms with E-state index in [4.69, 9.17) is 18.0 Å². The van der Waals surface area contributed by atoms with E-state index < -0.39 is 5.82 Å². The van der Waals surface area contributed by atoms with Crippen molar-refractivity contribution in [2.75, 3.05) is 11.9 Å². The molecule has 0 aromatic heterocycles. The number of thiocarbonyl (C=S) groups is 1. The van der Waals surface area contributed by atoms with Gasteiger partial charge in [0.15, 0.2) is 0 Å². The van der Waals surface area contributed by atoms with Gasteiger partial charge in [0.1, 0.15) is 16.6 Å². The average Bonchev–Trinajstić information content (AvgIpc) is 2.41. The third-order valence-corrected chi connectivity index (χ3v) is 3.24. The van der Waals surface area contributed by atoms with Gasteiger partial charge >= 0.3 is 0 Å². The number of benzene rings is 2. The molecule has 104 valence electrons. The van der Waals surface area contributed by atoms with Crippen molar-refractivity contribution in [3.8, 4) is 0 Å². The van der Waals surface area contributed by atoms with Gasteiger partial charge in [-0.3, -0.25) is 0 Å². The van der Waals surface area contributed by atoms with Crippen LogP contribution in [0, 0.1) is 11.6 Å². The molecular formula is C15H14F2N2S. The van der Waals surface area contributed by atoms with Crippen LogP contribution < -0.4 is 10.6 Å². The molecule has 2 aromatic rings. The maximum Gasteiger partial charge on any atom is 0.147 e. The summed E-state index contributed by atoms with van der Waals surface area (Å²) in [5.41, 5.74) is 6.80. The fourth-order valence-electron chi connectivity index (χ4n) is 1.94. The van der Waals surface area contributed by atoms with Gasteiger partial charge in [-0.15, -0.1) is 0 Å². The molecule has 0 aliphatic carbocycles. The van der Waals surface area contributed by atoms with Gasteiger partial charge in [0, 0.05) is 24.7 Å². The molecule has 5 heteroatoms. The molecule has 2 nitrogen and oxygen atoms in total. The summed E-state index contributed by atoms with van der Waals surface area (Å²) in [5, 5.41) is 0. The van der Waals surface area contributed by atoms with E-state index >= 15 is 0 Å². The van der Waals surface area contributed by atoms with Crippen molar-refractivity contribution in [2.24, 2.45) is 5.73 Å². The molecule has 0 aliphatic heterocycles. The summed E-state index contributed by atoms with van der Waals surface area (Å²) in [6.45, 7) is 0.274. The Labute approximate surface area is 121 Å². The summed E-state index contributed by atoms with van der Waals surface area (Å²) in [6.07, 6.45) is 0. The molecule has 0 saturated heterocycles. The lowest BCUT2D eigenvalue weighted by molar-refractivity contribution is 0.601. The molecule has 0 unspecified atom stereocenters. The third kappa shape index (κ3) is 3.11. The molecule has 0 aliphatic rings. The first-order valence-electron chi connectivity index (χ1n) is 6.03. The van der Waals surface area contributed by atoms with Crippen LogP contribution in [0.15, 0.2) is 42.5 Å². The summed E-state index contributed by atoms with van der Waals surface area (Å²) in [4.78, 5) is 1.78. The summed E-state index contributed by atoms with van der Waals surface area (Å²) >= 11 is 4.80. The molecule has 0 radical (unpaired) electrons. The Hall–Kier alpha value is -2.01. The SMILES string of the molecule is CN(Cc1ccccc1F)c1ccc(C(N)=S)cc1F. The highest BCUT2D eigenvalue weighted by molar-refractivity contribution is 7.80. The van der Waals surface area contributed by atoms with Gasteiger partial charge in [0.25, 0.3) is 0 Å². The Bertz CT molecular complexity index is 644. The summed E-state index contributed by atoms with van der Waals surface area (Å²) in [7, 11) is 1.70. The summed E-state index contributed by atoms with van der Waals surface area (Å²) < 4.78 is 27.6. The molecule has 0 bridgehead atoms. The Balaban J connectivity index is 2.23.